The molecule has 0 bridgehead atoms. The van der Waals surface area contributed by atoms with E-state index in [2.05, 4.69) is 42.5 Å². The Morgan fingerprint density at radius 2 is 1.50 bits per heavy atom. The van der Waals surface area contributed by atoms with Gasteiger partial charge in [-0.3, -0.25) is 0 Å². The number of rotatable bonds is 2. The van der Waals surface area contributed by atoms with Gasteiger partial charge in [0, 0.05) is 20.3 Å². The molecule has 92 valence electrons. The fourth-order valence-electron chi connectivity index (χ4n) is 1.39. The molecule has 0 aromatic heterocycles. The first-order valence-corrected chi connectivity index (χ1v) is 7.23. The highest BCUT2D eigenvalue weighted by molar-refractivity contribution is 9.13. The Labute approximate surface area is 128 Å². The summed E-state index contributed by atoms with van der Waals surface area (Å²) in [4.78, 5) is 0. The summed E-state index contributed by atoms with van der Waals surface area (Å²) in [5.74, 6) is 0. The van der Waals surface area contributed by atoms with Gasteiger partial charge in [0.25, 0.3) is 0 Å². The quantitative estimate of drug-likeness (QED) is 0.709. The molecular weight excluding hydrogens is 376 g/mol. The van der Waals surface area contributed by atoms with Crippen molar-refractivity contribution in [2.45, 2.75) is 0 Å². The molecule has 0 aliphatic carbocycles. The number of hydrogen-bond donors (Lipinski definition) is 2. The third-order valence-corrected chi connectivity index (χ3v) is 4.29. The van der Waals surface area contributed by atoms with Crippen molar-refractivity contribution in [3.8, 4) is 0 Å². The van der Waals surface area contributed by atoms with Gasteiger partial charge in [-0.1, -0.05) is 18.2 Å². The molecule has 2 N–H and O–H groups in total. The van der Waals surface area contributed by atoms with E-state index < -0.39 is 0 Å². The minimum atomic E-state index is 0.565. The molecule has 0 unspecified atom stereocenters. The van der Waals surface area contributed by atoms with E-state index in [0.717, 1.165) is 20.3 Å². The van der Waals surface area contributed by atoms with Crippen molar-refractivity contribution in [1.29, 1.82) is 0 Å². The standard InChI is InChI=1S/C13H10Br2N2S/c14-11-7-6-10(8-12(11)15)17-13(18)16-9-4-2-1-3-5-9/h1-8H,(H2,16,17,18). The second-order valence-corrected chi connectivity index (χ2v) is 5.69. The van der Waals surface area contributed by atoms with Crippen LogP contribution in [0.15, 0.2) is 57.5 Å². The lowest BCUT2D eigenvalue weighted by atomic mass is 10.3. The molecule has 0 amide bonds. The normalized spacial score (nSPS) is 9.89. The minimum absolute atomic E-state index is 0.565. The summed E-state index contributed by atoms with van der Waals surface area (Å²) in [6, 6.07) is 15.7. The predicted molar refractivity (Wildman–Crippen MR) is 88.1 cm³/mol. The largest absolute Gasteiger partial charge is 0.332 e. The van der Waals surface area contributed by atoms with E-state index in [1.54, 1.807) is 0 Å². The first-order chi connectivity index (χ1) is 8.65. The van der Waals surface area contributed by atoms with Gasteiger partial charge in [0.1, 0.15) is 0 Å². The molecule has 18 heavy (non-hydrogen) atoms. The van der Waals surface area contributed by atoms with E-state index >= 15 is 0 Å². The van der Waals surface area contributed by atoms with Gasteiger partial charge in [-0.15, -0.1) is 0 Å². The summed E-state index contributed by atoms with van der Waals surface area (Å²) in [6.45, 7) is 0. The van der Waals surface area contributed by atoms with Gasteiger partial charge in [0.2, 0.25) is 0 Å². The van der Waals surface area contributed by atoms with Crippen LogP contribution >= 0.6 is 44.1 Å². The maximum atomic E-state index is 5.24. The van der Waals surface area contributed by atoms with E-state index in [1.165, 1.54) is 0 Å². The number of thiocarbonyl (C=S) groups is 1. The van der Waals surface area contributed by atoms with Crippen LogP contribution in [-0.4, -0.2) is 5.11 Å². The third-order valence-electron chi connectivity index (χ3n) is 2.21. The monoisotopic (exact) mass is 384 g/mol. The molecule has 2 rings (SSSR count). The summed E-state index contributed by atoms with van der Waals surface area (Å²) in [5, 5.41) is 6.81. The van der Waals surface area contributed by atoms with Crippen molar-refractivity contribution in [2.75, 3.05) is 10.6 Å². The lowest BCUT2D eigenvalue weighted by Crippen LogP contribution is -2.18. The molecule has 5 heteroatoms. The Bertz CT molecular complexity index is 558. The lowest BCUT2D eigenvalue weighted by Gasteiger charge is -2.11. The second-order valence-electron chi connectivity index (χ2n) is 3.57. The van der Waals surface area contributed by atoms with Crippen molar-refractivity contribution >= 4 is 60.6 Å². The van der Waals surface area contributed by atoms with Crippen LogP contribution in [0.5, 0.6) is 0 Å². The molecule has 2 aromatic rings. The van der Waals surface area contributed by atoms with E-state index in [-0.39, 0.29) is 0 Å². The fourth-order valence-corrected chi connectivity index (χ4v) is 2.25. The topological polar surface area (TPSA) is 24.1 Å². The zero-order valence-electron chi connectivity index (χ0n) is 9.28. The van der Waals surface area contributed by atoms with Gasteiger partial charge < -0.3 is 10.6 Å². The Morgan fingerprint density at radius 3 is 2.17 bits per heavy atom. The number of benzene rings is 2. The molecule has 0 radical (unpaired) electrons. The highest BCUT2D eigenvalue weighted by atomic mass is 79.9. The highest BCUT2D eigenvalue weighted by Crippen LogP contribution is 2.26. The van der Waals surface area contributed by atoms with E-state index in [9.17, 15) is 0 Å². The van der Waals surface area contributed by atoms with Crippen molar-refractivity contribution in [3.63, 3.8) is 0 Å². The van der Waals surface area contributed by atoms with Crippen LogP contribution < -0.4 is 10.6 Å². The first kappa shape index (κ1) is 13.5. The van der Waals surface area contributed by atoms with Crippen molar-refractivity contribution in [3.05, 3.63) is 57.5 Å². The van der Waals surface area contributed by atoms with Gasteiger partial charge in [-0.05, 0) is 74.4 Å². The molecule has 0 saturated carbocycles. The summed E-state index contributed by atoms with van der Waals surface area (Å²) in [7, 11) is 0. The van der Waals surface area contributed by atoms with E-state index in [4.69, 9.17) is 12.2 Å². The van der Waals surface area contributed by atoms with E-state index in [1.807, 2.05) is 48.5 Å². The zero-order valence-corrected chi connectivity index (χ0v) is 13.3. The molecule has 0 aliphatic heterocycles. The van der Waals surface area contributed by atoms with Crippen molar-refractivity contribution < 1.29 is 0 Å². The number of nitrogens with one attached hydrogen (secondary N) is 2. The molecule has 0 saturated heterocycles. The molecule has 0 aliphatic rings. The lowest BCUT2D eigenvalue weighted by molar-refractivity contribution is 1.55. The molecule has 0 fully saturated rings. The van der Waals surface area contributed by atoms with Crippen molar-refractivity contribution in [2.24, 2.45) is 0 Å². The maximum absolute atomic E-state index is 5.24. The maximum Gasteiger partial charge on any atom is 0.175 e. The Kier molecular flexibility index (Phi) is 4.74. The summed E-state index contributed by atoms with van der Waals surface area (Å²) >= 11 is 12.1. The minimum Gasteiger partial charge on any atom is -0.332 e. The highest BCUT2D eigenvalue weighted by Gasteiger charge is 2.01. The first-order valence-electron chi connectivity index (χ1n) is 5.23. The van der Waals surface area contributed by atoms with Crippen LogP contribution in [0.1, 0.15) is 0 Å². The molecule has 0 spiro atoms. The number of para-hydroxylation sites is 1. The second kappa shape index (κ2) is 6.31. The SMILES string of the molecule is S=C(Nc1ccccc1)Nc1ccc(Br)c(Br)c1. The van der Waals surface area contributed by atoms with Gasteiger partial charge >= 0.3 is 0 Å². The van der Waals surface area contributed by atoms with Gasteiger partial charge in [0.15, 0.2) is 5.11 Å². The van der Waals surface area contributed by atoms with Crippen LogP contribution in [0.2, 0.25) is 0 Å². The predicted octanol–water partition coefficient (Wildman–Crippen LogP) is 5.02. The third kappa shape index (κ3) is 3.80. The van der Waals surface area contributed by atoms with Gasteiger partial charge in [-0.25, -0.2) is 0 Å². The smallest absolute Gasteiger partial charge is 0.175 e. The van der Waals surface area contributed by atoms with Crippen LogP contribution in [0, 0.1) is 0 Å². The zero-order chi connectivity index (χ0) is 13.0. The molecule has 0 atom stereocenters. The van der Waals surface area contributed by atoms with Crippen LogP contribution in [0.3, 0.4) is 0 Å². The summed E-state index contributed by atoms with van der Waals surface area (Å²) in [6.07, 6.45) is 0. The van der Waals surface area contributed by atoms with Crippen LogP contribution in [0.4, 0.5) is 11.4 Å². The summed E-state index contributed by atoms with van der Waals surface area (Å²) < 4.78 is 1.99. The van der Waals surface area contributed by atoms with Gasteiger partial charge in [0.05, 0.1) is 0 Å². The fraction of sp³-hybridized carbons (Fsp3) is 0. The number of hydrogen-bond acceptors (Lipinski definition) is 1. The Hall–Kier alpha value is -0.910. The van der Waals surface area contributed by atoms with Crippen LogP contribution in [0.25, 0.3) is 0 Å². The number of anilines is 2. The molecule has 2 aromatic carbocycles. The summed E-state index contributed by atoms with van der Waals surface area (Å²) in [5.41, 5.74) is 1.89. The van der Waals surface area contributed by atoms with E-state index in [0.29, 0.717) is 5.11 Å². The average Bonchev–Trinajstić information content (AvgIpc) is 2.35. The average molecular weight is 386 g/mol. The molecule has 0 heterocycles. The Morgan fingerprint density at radius 1 is 0.833 bits per heavy atom. The van der Waals surface area contributed by atoms with Crippen molar-refractivity contribution in [1.82, 2.24) is 0 Å². The van der Waals surface area contributed by atoms with Crippen LogP contribution in [-0.2, 0) is 0 Å². The molecule has 2 nitrogen and oxygen atoms in total. The Balaban J connectivity index is 2.01. The number of halogens is 2. The van der Waals surface area contributed by atoms with Gasteiger partial charge in [-0.2, -0.15) is 0 Å². The molecular formula is C13H10Br2N2S.